The third kappa shape index (κ3) is 4.59. The van der Waals surface area contributed by atoms with Crippen LogP contribution >= 0.6 is 0 Å². The predicted molar refractivity (Wildman–Crippen MR) is 134 cm³/mol. The van der Waals surface area contributed by atoms with Gasteiger partial charge in [-0.15, -0.1) is 0 Å². The summed E-state index contributed by atoms with van der Waals surface area (Å²) in [6.45, 7) is 7.23. The number of methoxy groups -OCH3 is 1. The molecule has 0 aromatic carbocycles. The molecule has 0 spiro atoms. The van der Waals surface area contributed by atoms with Crippen molar-refractivity contribution in [3.63, 3.8) is 0 Å². The first-order valence-corrected chi connectivity index (χ1v) is 14.1. The number of unbranched alkanes of at least 4 members (excludes halogenated alkanes) is 5. The van der Waals surface area contributed by atoms with Crippen LogP contribution < -0.4 is 0 Å². The first kappa shape index (κ1) is 25.0. The summed E-state index contributed by atoms with van der Waals surface area (Å²) in [6.07, 6.45) is 21.0. The van der Waals surface area contributed by atoms with Crippen molar-refractivity contribution >= 4 is 11.8 Å². The first-order valence-electron chi connectivity index (χ1n) is 14.1. The molecule has 3 saturated carbocycles. The van der Waals surface area contributed by atoms with Crippen LogP contribution in [0.25, 0.3) is 0 Å². The Kier molecular flexibility index (Phi) is 7.76. The van der Waals surface area contributed by atoms with Gasteiger partial charge in [-0.25, -0.2) is 0 Å². The number of fused-ring (bicyclic) bond motifs is 5. The Bertz CT molecular complexity index is 741. The molecule has 0 aromatic rings. The van der Waals surface area contributed by atoms with Gasteiger partial charge in [0.05, 0.1) is 13.0 Å². The van der Waals surface area contributed by atoms with Crippen molar-refractivity contribution in [1.82, 2.24) is 0 Å². The topological polar surface area (TPSA) is 43.4 Å². The lowest BCUT2D eigenvalue weighted by atomic mass is 9.45. The van der Waals surface area contributed by atoms with E-state index in [1.165, 1.54) is 70.6 Å². The molecule has 0 aliphatic heterocycles. The molecule has 4 aliphatic carbocycles. The van der Waals surface area contributed by atoms with Crippen LogP contribution in [-0.2, 0) is 14.3 Å². The van der Waals surface area contributed by atoms with E-state index in [1.54, 1.807) is 7.11 Å². The molecule has 4 rings (SSSR count). The van der Waals surface area contributed by atoms with E-state index >= 15 is 0 Å². The van der Waals surface area contributed by atoms with Gasteiger partial charge in [0.1, 0.15) is 0 Å². The Morgan fingerprint density at radius 1 is 1.03 bits per heavy atom. The number of hydrogen-bond donors (Lipinski definition) is 0. The summed E-state index contributed by atoms with van der Waals surface area (Å²) in [7, 11) is 1.58. The molecule has 33 heavy (non-hydrogen) atoms. The number of ketones is 1. The van der Waals surface area contributed by atoms with Crippen LogP contribution in [0.2, 0.25) is 0 Å². The lowest BCUT2D eigenvalue weighted by molar-refractivity contribution is -0.152. The molecule has 0 bridgehead atoms. The van der Waals surface area contributed by atoms with Crippen molar-refractivity contribution in [2.75, 3.05) is 7.11 Å². The molecule has 0 unspecified atom stereocenters. The van der Waals surface area contributed by atoms with Gasteiger partial charge in [-0.05, 0) is 91.4 Å². The first-order chi connectivity index (χ1) is 15.8. The molecule has 0 N–H and O–H groups in total. The molecular formula is C30H48O3. The molecular weight excluding hydrogens is 408 g/mol. The van der Waals surface area contributed by atoms with Crippen LogP contribution in [0.3, 0.4) is 0 Å². The van der Waals surface area contributed by atoms with E-state index in [1.807, 2.05) is 6.08 Å². The Hall–Kier alpha value is -1.12. The summed E-state index contributed by atoms with van der Waals surface area (Å²) < 4.78 is 5.37. The zero-order valence-corrected chi connectivity index (χ0v) is 21.7. The van der Waals surface area contributed by atoms with Gasteiger partial charge < -0.3 is 4.74 Å². The molecule has 0 heterocycles. The highest BCUT2D eigenvalue weighted by Gasteiger charge is 2.61. The number of hydrogen-bond acceptors (Lipinski definition) is 3. The molecule has 3 heteroatoms. The van der Waals surface area contributed by atoms with Crippen LogP contribution in [0, 0.1) is 46.3 Å². The maximum atomic E-state index is 13.0. The number of esters is 1. The van der Waals surface area contributed by atoms with Gasteiger partial charge in [0, 0.05) is 6.42 Å². The minimum Gasteiger partial charge on any atom is -0.469 e. The highest BCUT2D eigenvalue weighted by molar-refractivity contribution is 5.91. The average molecular weight is 457 g/mol. The van der Waals surface area contributed by atoms with E-state index in [9.17, 15) is 9.59 Å². The number of carbonyl (C=O) groups excluding carboxylic acids is 2. The van der Waals surface area contributed by atoms with E-state index in [4.69, 9.17) is 4.74 Å². The lowest BCUT2D eigenvalue weighted by Gasteiger charge is -2.59. The second kappa shape index (κ2) is 10.2. The summed E-state index contributed by atoms with van der Waals surface area (Å²) in [6, 6.07) is 0. The largest absolute Gasteiger partial charge is 0.469 e. The third-order valence-corrected chi connectivity index (χ3v) is 11.0. The summed E-state index contributed by atoms with van der Waals surface area (Å²) in [5, 5.41) is 0. The van der Waals surface area contributed by atoms with E-state index in [0.717, 1.165) is 31.1 Å². The fourth-order valence-corrected chi connectivity index (χ4v) is 9.12. The van der Waals surface area contributed by atoms with Crippen molar-refractivity contribution in [3.05, 3.63) is 12.2 Å². The highest BCUT2D eigenvalue weighted by Crippen LogP contribution is 2.67. The molecule has 0 radical (unpaired) electrons. The van der Waals surface area contributed by atoms with E-state index < -0.39 is 0 Å². The average Bonchev–Trinajstić information content (AvgIpc) is 3.15. The minimum absolute atomic E-state index is 0.0435. The van der Waals surface area contributed by atoms with Crippen LogP contribution in [0.15, 0.2) is 12.2 Å². The Labute approximate surface area is 202 Å². The van der Waals surface area contributed by atoms with Gasteiger partial charge in [-0.2, -0.15) is 0 Å². The zero-order valence-electron chi connectivity index (χ0n) is 21.7. The quantitative estimate of drug-likeness (QED) is 0.266. The van der Waals surface area contributed by atoms with E-state index in [0.29, 0.717) is 23.5 Å². The van der Waals surface area contributed by atoms with Crippen molar-refractivity contribution in [2.45, 2.75) is 111 Å². The lowest BCUT2D eigenvalue weighted by Crippen LogP contribution is -2.53. The maximum absolute atomic E-state index is 13.0. The second-order valence-electron chi connectivity index (χ2n) is 12.4. The standard InChI is InChI=1S/C30H48O3/c1-5-6-7-8-9-10-11-24(28(32)33-4)26-15-14-25-23-13-12-21-20-22(31)16-18-29(21,2)27(23)17-19-30(25,26)3/h16,18,21,23-27H,5-15,17,19-20H2,1-4H3/t21-,23-,24+,25-,26+,27-,29-,30-/m0/s1. The Morgan fingerprint density at radius 3 is 2.55 bits per heavy atom. The smallest absolute Gasteiger partial charge is 0.308 e. The van der Waals surface area contributed by atoms with Gasteiger partial charge in [-0.3, -0.25) is 9.59 Å². The molecule has 0 saturated heterocycles. The van der Waals surface area contributed by atoms with Crippen molar-refractivity contribution < 1.29 is 14.3 Å². The van der Waals surface area contributed by atoms with Gasteiger partial charge in [0.2, 0.25) is 0 Å². The minimum atomic E-state index is 0.0435. The molecule has 3 fully saturated rings. The van der Waals surface area contributed by atoms with Crippen LogP contribution in [0.4, 0.5) is 0 Å². The van der Waals surface area contributed by atoms with Crippen LogP contribution in [0.1, 0.15) is 111 Å². The molecule has 8 atom stereocenters. The monoisotopic (exact) mass is 456 g/mol. The maximum Gasteiger partial charge on any atom is 0.308 e. The van der Waals surface area contributed by atoms with Crippen LogP contribution in [-0.4, -0.2) is 18.9 Å². The van der Waals surface area contributed by atoms with Crippen molar-refractivity contribution in [2.24, 2.45) is 46.3 Å². The number of carbonyl (C=O) groups is 2. The number of rotatable bonds is 9. The molecule has 4 aliphatic rings. The highest BCUT2D eigenvalue weighted by atomic mass is 16.5. The Morgan fingerprint density at radius 2 is 1.79 bits per heavy atom. The molecule has 0 amide bonds. The Balaban J connectivity index is 1.47. The van der Waals surface area contributed by atoms with Gasteiger partial charge in [-0.1, -0.05) is 65.4 Å². The van der Waals surface area contributed by atoms with E-state index in [-0.39, 0.29) is 22.7 Å². The molecule has 3 nitrogen and oxygen atoms in total. The molecule has 186 valence electrons. The van der Waals surface area contributed by atoms with Crippen molar-refractivity contribution in [1.29, 1.82) is 0 Å². The summed E-state index contributed by atoms with van der Waals surface area (Å²) in [4.78, 5) is 25.1. The van der Waals surface area contributed by atoms with E-state index in [2.05, 4.69) is 26.8 Å². The summed E-state index contributed by atoms with van der Waals surface area (Å²) >= 11 is 0. The fraction of sp³-hybridized carbons (Fsp3) is 0.867. The molecule has 0 aromatic heterocycles. The normalized spacial score (nSPS) is 40.6. The SMILES string of the molecule is CCCCCCCC[C@@H](C(=O)OC)[C@H]1CC[C@H]2[C@@H]3CC[C@H]4CC(=O)C=C[C@]4(C)[C@H]3CC[C@]12C. The second-order valence-corrected chi connectivity index (χ2v) is 12.4. The number of allylic oxidation sites excluding steroid dienone is 2. The third-order valence-electron chi connectivity index (χ3n) is 11.0. The number of ether oxygens (including phenoxy) is 1. The zero-order chi connectivity index (χ0) is 23.6. The van der Waals surface area contributed by atoms with Gasteiger partial charge >= 0.3 is 5.97 Å². The fourth-order valence-electron chi connectivity index (χ4n) is 9.12. The van der Waals surface area contributed by atoms with Crippen molar-refractivity contribution in [3.8, 4) is 0 Å². The summed E-state index contributed by atoms with van der Waals surface area (Å²) in [5.41, 5.74) is 0.454. The predicted octanol–water partition coefficient (Wildman–Crippen LogP) is 7.53. The van der Waals surface area contributed by atoms with Gasteiger partial charge in [0.25, 0.3) is 0 Å². The summed E-state index contributed by atoms with van der Waals surface area (Å²) in [5.74, 6) is 3.63. The van der Waals surface area contributed by atoms with Crippen LogP contribution in [0.5, 0.6) is 0 Å². The van der Waals surface area contributed by atoms with Gasteiger partial charge in [0.15, 0.2) is 5.78 Å².